The summed E-state index contributed by atoms with van der Waals surface area (Å²) in [5.41, 5.74) is 2.12. The second-order valence-electron chi connectivity index (χ2n) is 6.25. The van der Waals surface area contributed by atoms with Crippen molar-refractivity contribution in [2.45, 2.75) is 26.4 Å². The average molecular weight is 367 g/mol. The van der Waals surface area contributed by atoms with Gasteiger partial charge in [0.2, 0.25) is 0 Å². The Morgan fingerprint density at radius 1 is 1.31 bits per heavy atom. The monoisotopic (exact) mass is 367 g/mol. The van der Waals surface area contributed by atoms with Gasteiger partial charge in [0, 0.05) is 43.3 Å². The minimum Gasteiger partial charge on any atom is -0.306 e. The number of nitrogens with one attached hydrogen (secondary N) is 1. The third-order valence-corrected chi connectivity index (χ3v) is 5.54. The van der Waals surface area contributed by atoms with Crippen LogP contribution in [0.25, 0.3) is 11.4 Å². The maximum atomic E-state index is 12.5. The van der Waals surface area contributed by atoms with Gasteiger partial charge in [-0.2, -0.15) is 0 Å². The van der Waals surface area contributed by atoms with Crippen LogP contribution in [0.2, 0.25) is 0 Å². The van der Waals surface area contributed by atoms with Gasteiger partial charge >= 0.3 is 0 Å². The zero-order chi connectivity index (χ0) is 18.1. The van der Waals surface area contributed by atoms with E-state index in [4.69, 9.17) is 0 Å². The van der Waals surface area contributed by atoms with E-state index in [0.29, 0.717) is 29.9 Å². The normalized spacial score (nSPS) is 14.2. The molecule has 0 unspecified atom stereocenters. The zero-order valence-corrected chi connectivity index (χ0v) is 15.0. The molecule has 7 nitrogen and oxygen atoms in total. The summed E-state index contributed by atoms with van der Waals surface area (Å²) in [6, 6.07) is 3.85. The molecule has 3 aromatic heterocycles. The number of thiophene rings is 1. The molecule has 3 aromatic rings. The highest BCUT2D eigenvalue weighted by Gasteiger charge is 2.22. The molecule has 4 rings (SSSR count). The van der Waals surface area contributed by atoms with E-state index in [1.165, 1.54) is 17.7 Å². The van der Waals surface area contributed by atoms with E-state index in [2.05, 4.69) is 24.8 Å². The summed E-state index contributed by atoms with van der Waals surface area (Å²) in [5, 5.41) is 0. The highest BCUT2D eigenvalue weighted by Crippen LogP contribution is 2.23. The fourth-order valence-corrected chi connectivity index (χ4v) is 3.99. The van der Waals surface area contributed by atoms with Crippen molar-refractivity contribution in [3.05, 3.63) is 62.2 Å². The summed E-state index contributed by atoms with van der Waals surface area (Å²) in [7, 11) is 0. The Balaban J connectivity index is 1.55. The lowest BCUT2D eigenvalue weighted by molar-refractivity contribution is 0.102. The fraction of sp³-hybridized carbons (Fsp3) is 0.278. The first-order valence-electron chi connectivity index (χ1n) is 8.29. The first kappa shape index (κ1) is 16.7. The maximum absolute atomic E-state index is 12.5. The molecule has 0 saturated carbocycles. The Morgan fingerprint density at radius 3 is 2.85 bits per heavy atom. The highest BCUT2D eigenvalue weighted by molar-refractivity contribution is 7.14. The van der Waals surface area contributed by atoms with E-state index < -0.39 is 0 Å². The lowest BCUT2D eigenvalue weighted by Gasteiger charge is -2.27. The second-order valence-corrected chi connectivity index (χ2v) is 7.42. The van der Waals surface area contributed by atoms with E-state index in [0.717, 1.165) is 28.5 Å². The molecule has 0 fully saturated rings. The first-order valence-corrected chi connectivity index (χ1v) is 9.11. The Bertz CT molecular complexity index is 1010. The minimum absolute atomic E-state index is 0.0864. The number of carbonyl (C=O) groups excluding carboxylic acids is 1. The predicted molar refractivity (Wildman–Crippen MR) is 98.0 cm³/mol. The largest absolute Gasteiger partial charge is 0.306 e. The van der Waals surface area contributed by atoms with Crippen molar-refractivity contribution in [2.75, 3.05) is 6.54 Å². The Morgan fingerprint density at radius 2 is 2.12 bits per heavy atom. The van der Waals surface area contributed by atoms with Crippen molar-refractivity contribution >= 4 is 17.1 Å². The first-order chi connectivity index (χ1) is 12.6. The van der Waals surface area contributed by atoms with Gasteiger partial charge in [-0.3, -0.25) is 14.5 Å². The zero-order valence-electron chi connectivity index (χ0n) is 14.2. The number of hydrogen-bond donors (Lipinski definition) is 1. The number of aromatic amines is 1. The number of Topliss-reactive ketones (excluding diaryl/α,β-unsaturated/α-hetero) is 1. The number of fused-ring (bicyclic) bond motifs is 1. The molecule has 26 heavy (non-hydrogen) atoms. The summed E-state index contributed by atoms with van der Waals surface area (Å²) in [6.07, 6.45) is 5.43. The lowest BCUT2D eigenvalue weighted by Crippen LogP contribution is -2.35. The Hall–Kier alpha value is -2.71. The number of ketones is 1. The minimum atomic E-state index is -0.117. The quantitative estimate of drug-likeness (QED) is 0.710. The van der Waals surface area contributed by atoms with Crippen molar-refractivity contribution in [1.29, 1.82) is 0 Å². The van der Waals surface area contributed by atoms with Crippen LogP contribution in [0.15, 0.2) is 35.6 Å². The van der Waals surface area contributed by atoms with Crippen molar-refractivity contribution in [3.8, 4) is 11.4 Å². The van der Waals surface area contributed by atoms with Gasteiger partial charge in [-0.1, -0.05) is 0 Å². The van der Waals surface area contributed by atoms with Crippen LogP contribution in [0.4, 0.5) is 0 Å². The van der Waals surface area contributed by atoms with E-state index in [1.807, 2.05) is 12.1 Å². The fourth-order valence-electron chi connectivity index (χ4n) is 3.05. The lowest BCUT2D eigenvalue weighted by atomic mass is 10.1. The van der Waals surface area contributed by atoms with Gasteiger partial charge in [-0.15, -0.1) is 11.3 Å². The smallest absolute Gasteiger partial charge is 0.255 e. The van der Waals surface area contributed by atoms with Crippen LogP contribution in [0.5, 0.6) is 0 Å². The second kappa shape index (κ2) is 6.89. The van der Waals surface area contributed by atoms with Gasteiger partial charge in [0.1, 0.15) is 12.2 Å². The Labute approximate surface area is 153 Å². The third kappa shape index (κ3) is 3.33. The molecule has 4 heterocycles. The molecule has 8 heteroatoms. The van der Waals surface area contributed by atoms with Gasteiger partial charge in [0.15, 0.2) is 5.78 Å². The summed E-state index contributed by atoms with van der Waals surface area (Å²) in [6.45, 7) is 3.68. The molecular formula is C18H17N5O2S. The van der Waals surface area contributed by atoms with Gasteiger partial charge < -0.3 is 4.98 Å². The molecule has 1 N–H and O–H groups in total. The molecule has 0 aliphatic carbocycles. The van der Waals surface area contributed by atoms with E-state index >= 15 is 0 Å². The van der Waals surface area contributed by atoms with Crippen molar-refractivity contribution < 1.29 is 4.79 Å². The third-order valence-electron chi connectivity index (χ3n) is 4.37. The van der Waals surface area contributed by atoms with Crippen molar-refractivity contribution in [2.24, 2.45) is 0 Å². The number of rotatable bonds is 4. The molecule has 1 aliphatic heterocycles. The molecule has 0 spiro atoms. The number of H-pyrrole nitrogens is 1. The van der Waals surface area contributed by atoms with E-state index in [-0.39, 0.29) is 11.3 Å². The Kier molecular flexibility index (Phi) is 4.44. The molecule has 1 aliphatic rings. The van der Waals surface area contributed by atoms with Crippen LogP contribution in [0.3, 0.4) is 0 Å². The van der Waals surface area contributed by atoms with Crippen LogP contribution in [0, 0.1) is 0 Å². The van der Waals surface area contributed by atoms with Crippen molar-refractivity contribution in [1.82, 2.24) is 24.8 Å². The highest BCUT2D eigenvalue weighted by atomic mass is 32.1. The maximum Gasteiger partial charge on any atom is 0.255 e. The number of nitrogens with zero attached hydrogens (tertiary/aromatic N) is 4. The van der Waals surface area contributed by atoms with E-state index in [1.54, 1.807) is 19.3 Å². The van der Waals surface area contributed by atoms with Crippen LogP contribution in [0.1, 0.15) is 32.7 Å². The van der Waals surface area contributed by atoms with Gasteiger partial charge in [-0.25, -0.2) is 15.0 Å². The predicted octanol–water partition coefficient (Wildman–Crippen LogP) is 2.05. The summed E-state index contributed by atoms with van der Waals surface area (Å²) in [5.74, 6) is 0.593. The number of carbonyl (C=O) groups is 1. The molecule has 0 saturated heterocycles. The van der Waals surface area contributed by atoms with Crippen LogP contribution < -0.4 is 5.56 Å². The molecule has 132 valence electrons. The van der Waals surface area contributed by atoms with Gasteiger partial charge in [0.25, 0.3) is 5.56 Å². The molecule has 0 bridgehead atoms. The standard InChI is InChI=1S/C18H17N5O2S/c1-11(24)16-3-2-13(26-16)8-23-5-4-15-14(9-23)18(25)22-17(21-15)12-6-19-10-20-7-12/h2-3,6-7,10H,4-5,8-9H2,1H3,(H,21,22,25). The molecular weight excluding hydrogens is 350 g/mol. The van der Waals surface area contributed by atoms with Gasteiger partial charge in [0.05, 0.1) is 21.7 Å². The van der Waals surface area contributed by atoms with Gasteiger partial charge in [-0.05, 0) is 19.1 Å². The van der Waals surface area contributed by atoms with E-state index in [9.17, 15) is 9.59 Å². The molecule has 0 aromatic carbocycles. The number of aromatic nitrogens is 4. The number of hydrogen-bond acceptors (Lipinski definition) is 7. The van der Waals surface area contributed by atoms with Crippen LogP contribution in [-0.4, -0.2) is 37.2 Å². The van der Waals surface area contributed by atoms with Crippen molar-refractivity contribution in [3.63, 3.8) is 0 Å². The SMILES string of the molecule is CC(=O)c1ccc(CN2CCc3nc(-c4cncnc4)[nH]c(=O)c3C2)s1. The van der Waals surface area contributed by atoms with Crippen LogP contribution >= 0.6 is 11.3 Å². The molecule has 0 atom stereocenters. The average Bonchev–Trinajstić information content (AvgIpc) is 3.12. The topological polar surface area (TPSA) is 91.8 Å². The summed E-state index contributed by atoms with van der Waals surface area (Å²) in [4.78, 5) is 43.5. The van der Waals surface area contributed by atoms with Crippen LogP contribution in [-0.2, 0) is 19.5 Å². The summed E-state index contributed by atoms with van der Waals surface area (Å²) >= 11 is 1.51. The molecule has 0 amide bonds. The summed E-state index contributed by atoms with van der Waals surface area (Å²) < 4.78 is 0. The molecule has 0 radical (unpaired) electrons.